The maximum atomic E-state index is 5.38. The van der Waals surface area contributed by atoms with Gasteiger partial charge in [0.05, 0.1) is 11.1 Å². The molecular formula is C12H12N4. The topological polar surface area (TPSA) is 50.7 Å². The summed E-state index contributed by atoms with van der Waals surface area (Å²) in [5.74, 6) is 3.06. The minimum Gasteiger partial charge on any atom is -0.337 e. The highest BCUT2D eigenvalue weighted by atomic mass is 15.2. The van der Waals surface area contributed by atoms with E-state index >= 15 is 0 Å². The fraction of sp³-hybridized carbons (Fsp3) is 0.250. The van der Waals surface area contributed by atoms with E-state index in [0.29, 0.717) is 5.95 Å². The first-order chi connectivity index (χ1) is 7.61. The second kappa shape index (κ2) is 3.78. The Balaban J connectivity index is 2.37. The summed E-state index contributed by atoms with van der Waals surface area (Å²) < 4.78 is 0. The quantitative estimate of drug-likeness (QED) is 0.772. The first-order valence-corrected chi connectivity index (χ1v) is 4.96. The molecule has 0 atom stereocenters. The molecule has 1 aromatic carbocycles. The summed E-state index contributed by atoms with van der Waals surface area (Å²) in [4.78, 5) is 4.33. The molecule has 0 amide bonds. The molecule has 0 bridgehead atoms. The number of terminal acetylenes is 1. The van der Waals surface area contributed by atoms with Crippen molar-refractivity contribution in [1.29, 1.82) is 0 Å². The Morgan fingerprint density at radius 1 is 1.19 bits per heavy atom. The summed E-state index contributed by atoms with van der Waals surface area (Å²) >= 11 is 0. The van der Waals surface area contributed by atoms with E-state index in [2.05, 4.69) is 26.4 Å². The van der Waals surface area contributed by atoms with Gasteiger partial charge in [-0.3, -0.25) is 0 Å². The smallest absolute Gasteiger partial charge is 0.244 e. The molecule has 0 spiro atoms. The SMILES string of the molecule is C#CC(C)(C)Nc1nnc2ccccc2n1. The van der Waals surface area contributed by atoms with Crippen LogP contribution in [0.2, 0.25) is 0 Å². The average Bonchev–Trinajstić information content (AvgIpc) is 2.28. The number of benzene rings is 1. The number of hydrogen-bond donors (Lipinski definition) is 1. The third-order valence-electron chi connectivity index (χ3n) is 2.15. The zero-order valence-electron chi connectivity index (χ0n) is 9.23. The highest BCUT2D eigenvalue weighted by Crippen LogP contribution is 2.12. The van der Waals surface area contributed by atoms with Crippen LogP contribution in [0.4, 0.5) is 5.95 Å². The molecule has 1 N–H and O–H groups in total. The number of nitrogens with one attached hydrogen (secondary N) is 1. The van der Waals surface area contributed by atoms with E-state index in [4.69, 9.17) is 6.42 Å². The molecule has 0 unspecified atom stereocenters. The van der Waals surface area contributed by atoms with Crippen LogP contribution in [0.5, 0.6) is 0 Å². The van der Waals surface area contributed by atoms with E-state index in [9.17, 15) is 0 Å². The van der Waals surface area contributed by atoms with Gasteiger partial charge < -0.3 is 5.32 Å². The van der Waals surface area contributed by atoms with Crippen LogP contribution in [0, 0.1) is 12.3 Å². The molecule has 1 aromatic heterocycles. The van der Waals surface area contributed by atoms with Crippen LogP contribution >= 0.6 is 0 Å². The highest BCUT2D eigenvalue weighted by molar-refractivity contribution is 5.74. The molecule has 0 fully saturated rings. The van der Waals surface area contributed by atoms with Crippen LogP contribution in [-0.4, -0.2) is 20.7 Å². The predicted octanol–water partition coefficient (Wildman–Crippen LogP) is 1.85. The molecule has 2 rings (SSSR count). The molecule has 4 nitrogen and oxygen atoms in total. The molecular weight excluding hydrogens is 200 g/mol. The lowest BCUT2D eigenvalue weighted by atomic mass is 10.1. The predicted molar refractivity (Wildman–Crippen MR) is 63.9 cm³/mol. The summed E-state index contributed by atoms with van der Waals surface area (Å²) in [7, 11) is 0. The fourth-order valence-electron chi connectivity index (χ4n) is 1.25. The van der Waals surface area contributed by atoms with Crippen LogP contribution < -0.4 is 5.32 Å². The number of anilines is 1. The Bertz CT molecular complexity index is 554. The van der Waals surface area contributed by atoms with Crippen molar-refractivity contribution in [3.63, 3.8) is 0 Å². The highest BCUT2D eigenvalue weighted by Gasteiger charge is 2.15. The zero-order chi connectivity index (χ0) is 11.6. The Kier molecular flexibility index (Phi) is 2.45. The van der Waals surface area contributed by atoms with E-state index in [1.807, 2.05) is 38.1 Å². The van der Waals surface area contributed by atoms with E-state index in [1.165, 1.54) is 0 Å². The Hall–Kier alpha value is -2.15. The van der Waals surface area contributed by atoms with E-state index in [0.717, 1.165) is 11.0 Å². The van der Waals surface area contributed by atoms with Gasteiger partial charge in [-0.15, -0.1) is 16.6 Å². The maximum Gasteiger partial charge on any atom is 0.244 e. The van der Waals surface area contributed by atoms with Gasteiger partial charge in [0.15, 0.2) is 0 Å². The Morgan fingerprint density at radius 3 is 2.56 bits per heavy atom. The first kappa shape index (κ1) is 10.4. The third kappa shape index (κ3) is 2.09. The minimum atomic E-state index is -0.482. The molecule has 0 saturated carbocycles. The van der Waals surface area contributed by atoms with Crippen LogP contribution in [0.15, 0.2) is 24.3 Å². The Labute approximate surface area is 94.1 Å². The monoisotopic (exact) mass is 212 g/mol. The number of para-hydroxylation sites is 1. The van der Waals surface area contributed by atoms with Crippen molar-refractivity contribution in [2.24, 2.45) is 0 Å². The fourth-order valence-corrected chi connectivity index (χ4v) is 1.25. The van der Waals surface area contributed by atoms with Crippen molar-refractivity contribution < 1.29 is 0 Å². The van der Waals surface area contributed by atoms with Crippen LogP contribution in [0.25, 0.3) is 11.0 Å². The second-order valence-corrected chi connectivity index (χ2v) is 4.02. The standard InChI is InChI=1S/C12H12N4/c1-4-12(2,3)14-11-13-9-7-5-6-8-10(9)15-16-11/h1,5-8H,2-3H3,(H,13,14,16). The largest absolute Gasteiger partial charge is 0.337 e. The van der Waals surface area contributed by atoms with E-state index < -0.39 is 5.54 Å². The number of nitrogens with zero attached hydrogens (tertiary/aromatic N) is 3. The molecule has 0 aliphatic rings. The van der Waals surface area contributed by atoms with Crippen LogP contribution in [-0.2, 0) is 0 Å². The number of hydrogen-bond acceptors (Lipinski definition) is 4. The normalized spacial score (nSPS) is 11.1. The van der Waals surface area contributed by atoms with Gasteiger partial charge in [-0.2, -0.15) is 0 Å². The molecule has 0 aliphatic carbocycles. The van der Waals surface area contributed by atoms with E-state index in [-0.39, 0.29) is 0 Å². The molecule has 16 heavy (non-hydrogen) atoms. The summed E-state index contributed by atoms with van der Waals surface area (Å²) in [5, 5.41) is 11.1. The molecule has 2 aromatic rings. The van der Waals surface area contributed by atoms with Gasteiger partial charge in [-0.1, -0.05) is 18.1 Å². The van der Waals surface area contributed by atoms with Crippen molar-refractivity contribution in [2.75, 3.05) is 5.32 Å². The summed E-state index contributed by atoms with van der Waals surface area (Å²) in [6, 6.07) is 7.56. The van der Waals surface area contributed by atoms with Crippen molar-refractivity contribution >= 4 is 17.0 Å². The number of aromatic nitrogens is 3. The zero-order valence-corrected chi connectivity index (χ0v) is 9.23. The number of rotatable bonds is 2. The van der Waals surface area contributed by atoms with Gasteiger partial charge >= 0.3 is 0 Å². The van der Waals surface area contributed by atoms with Crippen LogP contribution in [0.3, 0.4) is 0 Å². The summed E-state index contributed by atoms with van der Waals surface area (Å²) in [6.45, 7) is 3.76. The molecule has 0 radical (unpaired) electrons. The van der Waals surface area contributed by atoms with Gasteiger partial charge in [0.2, 0.25) is 5.95 Å². The minimum absolute atomic E-state index is 0.446. The second-order valence-electron chi connectivity index (χ2n) is 4.02. The first-order valence-electron chi connectivity index (χ1n) is 4.96. The van der Waals surface area contributed by atoms with Gasteiger partial charge in [-0.25, -0.2) is 4.98 Å². The van der Waals surface area contributed by atoms with Crippen molar-refractivity contribution in [3.8, 4) is 12.3 Å². The van der Waals surface area contributed by atoms with Crippen molar-refractivity contribution in [1.82, 2.24) is 15.2 Å². The number of fused-ring (bicyclic) bond motifs is 1. The summed E-state index contributed by atoms with van der Waals surface area (Å²) in [5.41, 5.74) is 1.09. The van der Waals surface area contributed by atoms with Gasteiger partial charge in [-0.05, 0) is 26.0 Å². The summed E-state index contributed by atoms with van der Waals surface area (Å²) in [6.07, 6.45) is 5.38. The lowest BCUT2D eigenvalue weighted by Gasteiger charge is -2.18. The van der Waals surface area contributed by atoms with Gasteiger partial charge in [0.25, 0.3) is 0 Å². The molecule has 4 heteroatoms. The van der Waals surface area contributed by atoms with E-state index in [1.54, 1.807) is 0 Å². The lowest BCUT2D eigenvalue weighted by molar-refractivity contribution is 0.725. The molecule has 1 heterocycles. The van der Waals surface area contributed by atoms with Crippen molar-refractivity contribution in [2.45, 2.75) is 19.4 Å². The maximum absolute atomic E-state index is 5.38. The van der Waals surface area contributed by atoms with Gasteiger partial charge in [0.1, 0.15) is 5.52 Å². The third-order valence-corrected chi connectivity index (χ3v) is 2.15. The molecule has 80 valence electrons. The Morgan fingerprint density at radius 2 is 1.88 bits per heavy atom. The average molecular weight is 212 g/mol. The molecule has 0 aliphatic heterocycles. The van der Waals surface area contributed by atoms with Crippen molar-refractivity contribution in [3.05, 3.63) is 24.3 Å². The molecule has 0 saturated heterocycles. The van der Waals surface area contributed by atoms with Gasteiger partial charge in [0, 0.05) is 0 Å². The van der Waals surface area contributed by atoms with Crippen LogP contribution in [0.1, 0.15) is 13.8 Å². The lowest BCUT2D eigenvalue weighted by Crippen LogP contribution is -2.29.